The van der Waals surface area contributed by atoms with Gasteiger partial charge in [0.15, 0.2) is 11.6 Å². The topological polar surface area (TPSA) is 35.2 Å². The maximum absolute atomic E-state index is 13.1. The van der Waals surface area contributed by atoms with E-state index in [9.17, 15) is 8.78 Å². The van der Waals surface area contributed by atoms with E-state index in [0.29, 0.717) is 6.54 Å². The van der Waals surface area contributed by atoms with Crippen LogP contribution >= 0.6 is 0 Å². The molecule has 0 bridgehead atoms. The maximum Gasteiger partial charge on any atom is 0.167 e. The number of hydrogen-bond donors (Lipinski definition) is 1. The van der Waals surface area contributed by atoms with Crippen molar-refractivity contribution in [3.05, 3.63) is 29.8 Å². The fourth-order valence-electron chi connectivity index (χ4n) is 1.25. The van der Waals surface area contributed by atoms with E-state index in [-0.39, 0.29) is 11.9 Å². The molecule has 15 heavy (non-hydrogen) atoms. The van der Waals surface area contributed by atoms with Crippen LogP contribution in [0.4, 0.5) is 8.78 Å². The molecular formula is C11H15F2NO. The monoisotopic (exact) mass is 215 g/mol. The third-order valence-corrected chi connectivity index (χ3v) is 2.04. The first-order valence-corrected chi connectivity index (χ1v) is 4.95. The summed E-state index contributed by atoms with van der Waals surface area (Å²) in [6.45, 7) is 2.41. The smallest absolute Gasteiger partial charge is 0.167 e. The van der Waals surface area contributed by atoms with Crippen molar-refractivity contribution < 1.29 is 13.5 Å². The first-order valence-electron chi connectivity index (χ1n) is 4.95. The van der Waals surface area contributed by atoms with E-state index in [0.717, 1.165) is 18.9 Å². The van der Waals surface area contributed by atoms with Crippen LogP contribution in [0.2, 0.25) is 0 Å². The van der Waals surface area contributed by atoms with Gasteiger partial charge in [-0.05, 0) is 38.4 Å². The van der Waals surface area contributed by atoms with Crippen LogP contribution in [0.5, 0.6) is 5.75 Å². The molecule has 0 saturated carbocycles. The summed E-state index contributed by atoms with van der Waals surface area (Å²) in [6.07, 6.45) is 1.46. The molecule has 0 saturated heterocycles. The summed E-state index contributed by atoms with van der Waals surface area (Å²) in [7, 11) is 0. The molecule has 2 N–H and O–H groups in total. The van der Waals surface area contributed by atoms with Gasteiger partial charge in [0.25, 0.3) is 0 Å². The Bertz CT molecular complexity index is 317. The standard InChI is InChI=1S/C11H15F2NO/c1-8(3-2-6-14)15-11-5-4-9(12)7-10(11)13/h4-5,7-8H,2-3,6,14H2,1H3. The number of benzene rings is 1. The largest absolute Gasteiger partial charge is 0.488 e. The highest BCUT2D eigenvalue weighted by Crippen LogP contribution is 2.19. The summed E-state index contributed by atoms with van der Waals surface area (Å²) in [5.41, 5.74) is 5.34. The molecule has 1 unspecified atom stereocenters. The third-order valence-electron chi connectivity index (χ3n) is 2.04. The predicted octanol–water partition coefficient (Wildman–Crippen LogP) is 2.47. The van der Waals surface area contributed by atoms with E-state index in [1.807, 2.05) is 6.92 Å². The summed E-state index contributed by atoms with van der Waals surface area (Å²) in [6, 6.07) is 3.28. The molecule has 1 aromatic rings. The molecule has 0 amide bonds. The molecule has 0 spiro atoms. The lowest BCUT2D eigenvalue weighted by molar-refractivity contribution is 0.199. The molecule has 0 aliphatic carbocycles. The van der Waals surface area contributed by atoms with Crippen LogP contribution in [-0.4, -0.2) is 12.6 Å². The normalized spacial score (nSPS) is 12.5. The van der Waals surface area contributed by atoms with Crippen LogP contribution in [0.1, 0.15) is 19.8 Å². The summed E-state index contributed by atoms with van der Waals surface area (Å²) in [5, 5.41) is 0. The minimum atomic E-state index is -0.672. The van der Waals surface area contributed by atoms with E-state index in [1.54, 1.807) is 0 Å². The van der Waals surface area contributed by atoms with E-state index in [1.165, 1.54) is 12.1 Å². The highest BCUT2D eigenvalue weighted by molar-refractivity contribution is 5.24. The second kappa shape index (κ2) is 5.66. The SMILES string of the molecule is CC(CCCN)Oc1ccc(F)cc1F. The summed E-state index contributed by atoms with van der Waals surface area (Å²) in [5.74, 6) is -1.19. The Hall–Kier alpha value is -1.16. The van der Waals surface area contributed by atoms with Gasteiger partial charge in [-0.2, -0.15) is 0 Å². The molecule has 1 aromatic carbocycles. The van der Waals surface area contributed by atoms with Crippen molar-refractivity contribution in [3.63, 3.8) is 0 Å². The quantitative estimate of drug-likeness (QED) is 0.818. The first kappa shape index (κ1) is 11.9. The Labute approximate surface area is 88.0 Å². The minimum absolute atomic E-state index is 0.0842. The van der Waals surface area contributed by atoms with Crippen molar-refractivity contribution in [2.24, 2.45) is 5.73 Å². The zero-order valence-corrected chi connectivity index (χ0v) is 8.67. The third kappa shape index (κ3) is 3.83. The van der Waals surface area contributed by atoms with Crippen molar-refractivity contribution in [2.45, 2.75) is 25.9 Å². The van der Waals surface area contributed by atoms with Crippen molar-refractivity contribution in [2.75, 3.05) is 6.54 Å². The minimum Gasteiger partial charge on any atom is -0.488 e. The van der Waals surface area contributed by atoms with Crippen LogP contribution in [0.15, 0.2) is 18.2 Å². The molecule has 84 valence electrons. The molecule has 0 fully saturated rings. The lowest BCUT2D eigenvalue weighted by Gasteiger charge is -2.14. The highest BCUT2D eigenvalue weighted by Gasteiger charge is 2.08. The first-order chi connectivity index (χ1) is 7.13. The summed E-state index contributed by atoms with van der Waals surface area (Å²) in [4.78, 5) is 0. The second-order valence-electron chi connectivity index (χ2n) is 3.43. The number of hydrogen-bond acceptors (Lipinski definition) is 2. The zero-order chi connectivity index (χ0) is 11.3. The molecule has 1 atom stereocenters. The van der Waals surface area contributed by atoms with Gasteiger partial charge in [-0.15, -0.1) is 0 Å². The van der Waals surface area contributed by atoms with Gasteiger partial charge in [0.05, 0.1) is 6.10 Å². The van der Waals surface area contributed by atoms with Crippen molar-refractivity contribution in [3.8, 4) is 5.75 Å². The van der Waals surface area contributed by atoms with Gasteiger partial charge >= 0.3 is 0 Å². The molecule has 0 radical (unpaired) electrons. The van der Waals surface area contributed by atoms with Gasteiger partial charge in [0.2, 0.25) is 0 Å². The Kier molecular flexibility index (Phi) is 4.49. The highest BCUT2D eigenvalue weighted by atomic mass is 19.1. The summed E-state index contributed by atoms with van der Waals surface area (Å²) < 4.78 is 31.0. The predicted molar refractivity (Wildman–Crippen MR) is 54.7 cm³/mol. The Morgan fingerprint density at radius 1 is 1.40 bits per heavy atom. The molecule has 0 aliphatic rings. The number of ether oxygens (including phenoxy) is 1. The average Bonchev–Trinajstić information content (AvgIpc) is 2.19. The molecule has 0 aliphatic heterocycles. The zero-order valence-electron chi connectivity index (χ0n) is 8.67. The molecule has 0 heterocycles. The fraction of sp³-hybridized carbons (Fsp3) is 0.455. The Balaban J connectivity index is 2.56. The Morgan fingerprint density at radius 2 is 2.13 bits per heavy atom. The molecule has 4 heteroatoms. The number of rotatable bonds is 5. The number of nitrogens with two attached hydrogens (primary N) is 1. The van der Waals surface area contributed by atoms with Crippen LogP contribution < -0.4 is 10.5 Å². The fourth-order valence-corrected chi connectivity index (χ4v) is 1.25. The number of halogens is 2. The van der Waals surface area contributed by atoms with Gasteiger partial charge < -0.3 is 10.5 Å². The molecular weight excluding hydrogens is 200 g/mol. The van der Waals surface area contributed by atoms with Crippen molar-refractivity contribution >= 4 is 0 Å². The molecule has 1 rings (SSSR count). The van der Waals surface area contributed by atoms with Crippen molar-refractivity contribution in [1.29, 1.82) is 0 Å². The van der Waals surface area contributed by atoms with E-state index in [4.69, 9.17) is 10.5 Å². The maximum atomic E-state index is 13.1. The van der Waals surface area contributed by atoms with Crippen LogP contribution in [-0.2, 0) is 0 Å². The van der Waals surface area contributed by atoms with Crippen LogP contribution in [0.25, 0.3) is 0 Å². The molecule has 2 nitrogen and oxygen atoms in total. The van der Waals surface area contributed by atoms with Crippen molar-refractivity contribution in [1.82, 2.24) is 0 Å². The second-order valence-corrected chi connectivity index (χ2v) is 3.43. The van der Waals surface area contributed by atoms with Gasteiger partial charge in [-0.1, -0.05) is 0 Å². The Morgan fingerprint density at radius 3 is 2.73 bits per heavy atom. The van der Waals surface area contributed by atoms with Gasteiger partial charge in [-0.25, -0.2) is 8.78 Å². The van der Waals surface area contributed by atoms with Gasteiger partial charge in [0.1, 0.15) is 5.82 Å². The van der Waals surface area contributed by atoms with E-state index >= 15 is 0 Å². The van der Waals surface area contributed by atoms with Gasteiger partial charge in [-0.3, -0.25) is 0 Å². The summed E-state index contributed by atoms with van der Waals surface area (Å²) >= 11 is 0. The molecule has 0 aromatic heterocycles. The van der Waals surface area contributed by atoms with E-state index < -0.39 is 11.6 Å². The van der Waals surface area contributed by atoms with Gasteiger partial charge in [0, 0.05) is 6.07 Å². The lowest BCUT2D eigenvalue weighted by atomic mass is 10.2. The van der Waals surface area contributed by atoms with E-state index in [2.05, 4.69) is 0 Å². The van der Waals surface area contributed by atoms with Crippen LogP contribution in [0.3, 0.4) is 0 Å². The van der Waals surface area contributed by atoms with Crippen LogP contribution in [0, 0.1) is 11.6 Å². The lowest BCUT2D eigenvalue weighted by Crippen LogP contribution is -2.14. The average molecular weight is 215 g/mol.